The molecule has 4 nitrogen and oxygen atoms in total. The van der Waals surface area contributed by atoms with Crippen LogP contribution in [0.2, 0.25) is 0 Å². The summed E-state index contributed by atoms with van der Waals surface area (Å²) in [7, 11) is -2.93. The molecule has 0 aromatic heterocycles. The monoisotopic (exact) mass is 320 g/mol. The fourth-order valence-corrected chi connectivity index (χ4v) is 4.24. The van der Waals surface area contributed by atoms with Gasteiger partial charge < -0.3 is 5.73 Å². The largest absolute Gasteiger partial charge is 0.393 e. The fraction of sp³-hybridized carbons (Fsp3) is 0.929. The Balaban J connectivity index is 2.71. The predicted molar refractivity (Wildman–Crippen MR) is 88.7 cm³/mol. The summed E-state index contributed by atoms with van der Waals surface area (Å²) in [5, 5.41) is -0.180. The van der Waals surface area contributed by atoms with Crippen LogP contribution < -0.4 is 5.73 Å². The second kappa shape index (κ2) is 7.71. The van der Waals surface area contributed by atoms with E-state index in [9.17, 15) is 8.42 Å². The smallest absolute Gasteiger partial charge is 0.150 e. The molecule has 2 atom stereocenters. The van der Waals surface area contributed by atoms with Gasteiger partial charge in [-0.05, 0) is 25.2 Å². The normalized spacial score (nSPS) is 24.2. The fourth-order valence-electron chi connectivity index (χ4n) is 2.99. The van der Waals surface area contributed by atoms with Crippen molar-refractivity contribution in [3.63, 3.8) is 0 Å². The summed E-state index contributed by atoms with van der Waals surface area (Å²) in [5.41, 5.74) is 5.61. The Bertz CT molecular complexity index is 421. The quantitative estimate of drug-likeness (QED) is 0.727. The number of nitrogens with two attached hydrogens (primary N) is 1. The molecular formula is C14H28N2O2S2. The first-order chi connectivity index (χ1) is 9.20. The SMILES string of the molecule is CC(C)CN(CCC(N)=S)C1CCCC(S(C)(=O)=O)C1. The highest BCUT2D eigenvalue weighted by molar-refractivity contribution is 7.91. The predicted octanol–water partition coefficient (Wildman–Crippen LogP) is 1.98. The summed E-state index contributed by atoms with van der Waals surface area (Å²) in [4.78, 5) is 2.93. The Hall–Kier alpha value is -0.200. The maximum absolute atomic E-state index is 11.8. The second-order valence-electron chi connectivity index (χ2n) is 6.38. The van der Waals surface area contributed by atoms with Gasteiger partial charge in [0.15, 0.2) is 0 Å². The number of sulfone groups is 1. The molecule has 0 spiro atoms. The van der Waals surface area contributed by atoms with Crippen molar-refractivity contribution in [3.05, 3.63) is 0 Å². The van der Waals surface area contributed by atoms with E-state index in [0.29, 0.717) is 23.4 Å². The number of nitrogens with zero attached hydrogens (tertiary/aromatic N) is 1. The van der Waals surface area contributed by atoms with Gasteiger partial charge in [0.25, 0.3) is 0 Å². The van der Waals surface area contributed by atoms with E-state index in [1.54, 1.807) is 0 Å². The van der Waals surface area contributed by atoms with E-state index in [-0.39, 0.29) is 5.25 Å². The molecule has 0 amide bonds. The number of rotatable bonds is 7. The maximum atomic E-state index is 11.8. The van der Waals surface area contributed by atoms with Crippen LogP contribution in [-0.4, -0.2) is 48.9 Å². The zero-order valence-corrected chi connectivity index (χ0v) is 14.5. The first-order valence-electron chi connectivity index (χ1n) is 7.41. The van der Waals surface area contributed by atoms with Crippen LogP contribution in [0.4, 0.5) is 0 Å². The van der Waals surface area contributed by atoms with Crippen molar-refractivity contribution in [1.82, 2.24) is 4.90 Å². The molecule has 118 valence electrons. The molecule has 0 aromatic carbocycles. The van der Waals surface area contributed by atoms with E-state index in [4.69, 9.17) is 18.0 Å². The third-order valence-corrected chi connectivity index (χ3v) is 5.81. The van der Waals surface area contributed by atoms with Crippen LogP contribution in [0.15, 0.2) is 0 Å². The van der Waals surface area contributed by atoms with E-state index in [1.807, 2.05) is 0 Å². The third kappa shape index (κ3) is 6.06. The average Bonchev–Trinajstić information content (AvgIpc) is 2.33. The molecule has 20 heavy (non-hydrogen) atoms. The molecule has 2 N–H and O–H groups in total. The van der Waals surface area contributed by atoms with Gasteiger partial charge in [-0.3, -0.25) is 4.90 Å². The summed E-state index contributed by atoms with van der Waals surface area (Å²) in [5.74, 6) is 0.556. The summed E-state index contributed by atoms with van der Waals surface area (Å²) in [6, 6.07) is 0.347. The number of hydrogen-bond donors (Lipinski definition) is 1. The summed E-state index contributed by atoms with van der Waals surface area (Å²) < 4.78 is 23.6. The highest BCUT2D eigenvalue weighted by atomic mass is 32.2. The topological polar surface area (TPSA) is 63.4 Å². The molecule has 1 rings (SSSR count). The Morgan fingerprint density at radius 1 is 1.40 bits per heavy atom. The molecular weight excluding hydrogens is 292 g/mol. The molecule has 0 radical (unpaired) electrons. The van der Waals surface area contributed by atoms with Crippen LogP contribution in [0, 0.1) is 5.92 Å². The van der Waals surface area contributed by atoms with Crippen molar-refractivity contribution in [2.75, 3.05) is 19.3 Å². The van der Waals surface area contributed by atoms with E-state index < -0.39 is 9.84 Å². The lowest BCUT2D eigenvalue weighted by Gasteiger charge is -2.38. The Morgan fingerprint density at radius 2 is 2.05 bits per heavy atom. The Labute approximate surface area is 129 Å². The van der Waals surface area contributed by atoms with Crippen molar-refractivity contribution in [3.8, 4) is 0 Å². The standard InChI is InChI=1S/C14H28N2O2S2/c1-11(2)10-16(8-7-14(15)19)12-5-4-6-13(9-12)20(3,17)18/h11-13H,4-10H2,1-3H3,(H2,15,19). The lowest BCUT2D eigenvalue weighted by Crippen LogP contribution is -2.44. The van der Waals surface area contributed by atoms with E-state index >= 15 is 0 Å². The van der Waals surface area contributed by atoms with Crippen LogP contribution in [-0.2, 0) is 9.84 Å². The lowest BCUT2D eigenvalue weighted by molar-refractivity contribution is 0.145. The molecule has 0 saturated heterocycles. The number of thiocarbonyl (C=S) groups is 1. The minimum atomic E-state index is -2.93. The number of hydrogen-bond acceptors (Lipinski definition) is 4. The van der Waals surface area contributed by atoms with Crippen LogP contribution >= 0.6 is 12.2 Å². The van der Waals surface area contributed by atoms with E-state index in [0.717, 1.165) is 38.8 Å². The maximum Gasteiger partial charge on any atom is 0.150 e. The van der Waals surface area contributed by atoms with Gasteiger partial charge in [0.1, 0.15) is 9.84 Å². The summed E-state index contributed by atoms with van der Waals surface area (Å²) >= 11 is 4.97. The van der Waals surface area contributed by atoms with Crippen LogP contribution in [0.3, 0.4) is 0 Å². The highest BCUT2D eigenvalue weighted by Crippen LogP contribution is 2.28. The first kappa shape index (κ1) is 17.9. The minimum Gasteiger partial charge on any atom is -0.393 e. The second-order valence-corrected chi connectivity index (χ2v) is 9.23. The third-order valence-electron chi connectivity index (χ3n) is 3.97. The molecule has 1 aliphatic carbocycles. The van der Waals surface area contributed by atoms with Gasteiger partial charge in [-0.15, -0.1) is 0 Å². The lowest BCUT2D eigenvalue weighted by atomic mass is 9.93. The van der Waals surface area contributed by atoms with Crippen LogP contribution in [0.1, 0.15) is 46.0 Å². The first-order valence-corrected chi connectivity index (χ1v) is 9.77. The van der Waals surface area contributed by atoms with E-state index in [2.05, 4.69) is 18.7 Å². The van der Waals surface area contributed by atoms with Gasteiger partial charge in [-0.1, -0.05) is 32.5 Å². The molecule has 0 aromatic rings. The molecule has 2 unspecified atom stereocenters. The van der Waals surface area contributed by atoms with Gasteiger partial charge in [0, 0.05) is 31.8 Å². The van der Waals surface area contributed by atoms with Gasteiger partial charge in [-0.25, -0.2) is 8.42 Å². The molecule has 0 bridgehead atoms. The minimum absolute atomic E-state index is 0.180. The Kier molecular flexibility index (Phi) is 6.88. The van der Waals surface area contributed by atoms with Crippen molar-refractivity contribution < 1.29 is 8.42 Å². The van der Waals surface area contributed by atoms with Gasteiger partial charge in [-0.2, -0.15) is 0 Å². The van der Waals surface area contributed by atoms with Crippen molar-refractivity contribution in [1.29, 1.82) is 0 Å². The van der Waals surface area contributed by atoms with Crippen molar-refractivity contribution in [2.45, 2.75) is 57.2 Å². The van der Waals surface area contributed by atoms with Gasteiger partial charge in [0.2, 0.25) is 0 Å². The molecule has 6 heteroatoms. The molecule has 1 saturated carbocycles. The summed E-state index contributed by atoms with van der Waals surface area (Å²) in [6.45, 7) is 6.19. The van der Waals surface area contributed by atoms with Gasteiger partial charge in [0.05, 0.1) is 10.2 Å². The van der Waals surface area contributed by atoms with Crippen molar-refractivity contribution >= 4 is 27.0 Å². The zero-order valence-electron chi connectivity index (χ0n) is 12.8. The van der Waals surface area contributed by atoms with Gasteiger partial charge >= 0.3 is 0 Å². The van der Waals surface area contributed by atoms with Crippen molar-refractivity contribution in [2.24, 2.45) is 11.7 Å². The highest BCUT2D eigenvalue weighted by Gasteiger charge is 2.31. The van der Waals surface area contributed by atoms with Crippen LogP contribution in [0.5, 0.6) is 0 Å². The Morgan fingerprint density at radius 3 is 2.55 bits per heavy atom. The molecule has 1 fully saturated rings. The summed E-state index contributed by atoms with van der Waals surface area (Å²) in [6.07, 6.45) is 5.70. The molecule has 0 heterocycles. The van der Waals surface area contributed by atoms with Crippen LogP contribution in [0.25, 0.3) is 0 Å². The average molecular weight is 321 g/mol. The molecule has 0 aliphatic heterocycles. The zero-order chi connectivity index (χ0) is 15.3. The molecule has 1 aliphatic rings. The van der Waals surface area contributed by atoms with E-state index in [1.165, 1.54) is 6.26 Å².